The van der Waals surface area contributed by atoms with E-state index in [2.05, 4.69) is 11.1 Å². The van der Waals surface area contributed by atoms with Crippen LogP contribution in [0.1, 0.15) is 19.8 Å². The van der Waals surface area contributed by atoms with Crippen LogP contribution in [0.5, 0.6) is 0 Å². The minimum absolute atomic E-state index is 0.0495. The first-order valence-corrected chi connectivity index (χ1v) is 5.20. The van der Waals surface area contributed by atoms with Gasteiger partial charge in [0.2, 0.25) is 0 Å². The van der Waals surface area contributed by atoms with Gasteiger partial charge in [-0.15, -0.1) is 0 Å². The van der Waals surface area contributed by atoms with E-state index in [1.165, 1.54) is 0 Å². The van der Waals surface area contributed by atoms with E-state index in [4.69, 9.17) is 10.5 Å². The molecular formula is C8H13N2O4P. The first-order valence-electron chi connectivity index (χ1n) is 4.39. The van der Waals surface area contributed by atoms with Crippen LogP contribution >= 0.6 is 7.92 Å². The van der Waals surface area contributed by atoms with Gasteiger partial charge in [-0.25, -0.2) is 0 Å². The van der Waals surface area contributed by atoms with Crippen molar-refractivity contribution in [2.24, 2.45) is 5.73 Å². The molecule has 84 valence electrons. The van der Waals surface area contributed by atoms with Crippen LogP contribution in [0.3, 0.4) is 0 Å². The van der Waals surface area contributed by atoms with Gasteiger partial charge in [-0.2, -0.15) is 0 Å². The molecule has 0 bridgehead atoms. The third-order valence-corrected chi connectivity index (χ3v) is 1.76. The Morgan fingerprint density at radius 3 is 2.73 bits per heavy atom. The second-order valence-electron chi connectivity index (χ2n) is 2.66. The summed E-state index contributed by atoms with van der Waals surface area (Å²) >= 11 is 0. The van der Waals surface area contributed by atoms with E-state index >= 15 is 0 Å². The molecule has 6 nitrogen and oxygen atoms in total. The number of carbonyl (C=O) groups is 2. The van der Waals surface area contributed by atoms with Crippen molar-refractivity contribution in [1.82, 2.24) is 5.32 Å². The van der Waals surface area contributed by atoms with Crippen LogP contribution in [0.15, 0.2) is 0 Å². The molecule has 0 radical (unpaired) electrons. The molecule has 0 fully saturated rings. The van der Waals surface area contributed by atoms with Crippen molar-refractivity contribution < 1.29 is 18.9 Å². The summed E-state index contributed by atoms with van der Waals surface area (Å²) in [7, 11) is -0.363. The first kappa shape index (κ1) is 13.9. The normalized spacial score (nSPS) is 11.3. The Hall–Kier alpha value is -1.09. The molecule has 15 heavy (non-hydrogen) atoms. The Bertz CT molecular complexity index is 325. The summed E-state index contributed by atoms with van der Waals surface area (Å²) in [4.78, 5) is 21.8. The first-order chi connectivity index (χ1) is 7.11. The fraction of sp³-hybridized carbons (Fsp3) is 0.625. The molecule has 0 heterocycles. The molecule has 0 aromatic heterocycles. The van der Waals surface area contributed by atoms with Gasteiger partial charge in [0.1, 0.15) is 0 Å². The molecule has 0 saturated carbocycles. The van der Waals surface area contributed by atoms with E-state index < -0.39 is 17.9 Å². The average Bonchev–Trinajstić information content (AvgIpc) is 2.17. The zero-order valence-electron chi connectivity index (χ0n) is 8.36. The molecular weight excluding hydrogens is 219 g/mol. The minimum atomic E-state index is -0.737. The number of ether oxygens (including phenoxy) is 1. The summed E-state index contributed by atoms with van der Waals surface area (Å²) in [6, 6.07) is -0.737. The van der Waals surface area contributed by atoms with Gasteiger partial charge in [0.05, 0.1) is 0 Å². The summed E-state index contributed by atoms with van der Waals surface area (Å²) in [6.45, 7) is 1.91. The van der Waals surface area contributed by atoms with E-state index in [9.17, 15) is 14.2 Å². The second-order valence-corrected chi connectivity index (χ2v) is 3.06. The zero-order chi connectivity index (χ0) is 11.7. The molecule has 0 aromatic carbocycles. The van der Waals surface area contributed by atoms with Gasteiger partial charge < -0.3 is 0 Å². The molecule has 0 unspecified atom stereocenters. The van der Waals surface area contributed by atoms with Gasteiger partial charge >= 0.3 is 87.9 Å². The molecule has 3 N–H and O–H groups in total. The van der Waals surface area contributed by atoms with Gasteiger partial charge in [0.15, 0.2) is 0 Å². The Morgan fingerprint density at radius 1 is 1.60 bits per heavy atom. The van der Waals surface area contributed by atoms with E-state index in [0.717, 1.165) is 0 Å². The number of nitrogens with one attached hydrogen (secondary N) is 1. The summed E-state index contributed by atoms with van der Waals surface area (Å²) in [5.41, 5.74) is 4.94. The summed E-state index contributed by atoms with van der Waals surface area (Å²) in [6.07, 6.45) is 0.241. The fourth-order valence-electron chi connectivity index (χ4n) is 0.883. The van der Waals surface area contributed by atoms with Crippen LogP contribution < -0.4 is 11.1 Å². The molecule has 1 amide bonds. The van der Waals surface area contributed by atoms with E-state index in [0.29, 0.717) is 0 Å². The number of nitrogens with two attached hydrogens (primary N) is 1. The molecule has 0 aliphatic carbocycles. The van der Waals surface area contributed by atoms with Crippen molar-refractivity contribution in [2.45, 2.75) is 25.8 Å². The molecule has 7 heteroatoms. The Labute approximate surface area is 88.7 Å². The predicted octanol–water partition coefficient (Wildman–Crippen LogP) is -0.0184. The maximum absolute atomic E-state index is 11.3. The number of hydrogen-bond donors (Lipinski definition) is 2. The van der Waals surface area contributed by atoms with Crippen molar-refractivity contribution in [3.63, 3.8) is 0 Å². The topological polar surface area (TPSA) is 98.5 Å². The summed E-state index contributed by atoms with van der Waals surface area (Å²) < 4.78 is 14.8. The summed E-state index contributed by atoms with van der Waals surface area (Å²) in [5.74, 6) is 1.20. The molecule has 0 spiro atoms. The third-order valence-electron chi connectivity index (χ3n) is 1.53. The van der Waals surface area contributed by atoms with E-state index in [-0.39, 0.29) is 27.4 Å². The van der Waals surface area contributed by atoms with Crippen LogP contribution in [0.25, 0.3) is 0 Å². The Kier molecular flexibility index (Phi) is 7.64. The molecule has 0 saturated heterocycles. The van der Waals surface area contributed by atoms with Gasteiger partial charge in [0.25, 0.3) is 0 Å². The van der Waals surface area contributed by atoms with Crippen molar-refractivity contribution in [3.05, 3.63) is 0 Å². The molecule has 0 aromatic rings. The quantitative estimate of drug-likeness (QED) is 0.381. The number of esters is 1. The average molecular weight is 232 g/mol. The monoisotopic (exact) mass is 232 g/mol. The van der Waals surface area contributed by atoms with Gasteiger partial charge in [-0.05, 0) is 0 Å². The molecule has 0 aliphatic heterocycles. The van der Waals surface area contributed by atoms with Crippen LogP contribution in [0, 0.1) is 5.75 Å². The predicted molar refractivity (Wildman–Crippen MR) is 53.5 cm³/mol. The number of amides is 1. The Balaban J connectivity index is 4.26. The third kappa shape index (κ3) is 6.91. The number of hydrogen-bond acceptors (Lipinski definition) is 5. The van der Waals surface area contributed by atoms with E-state index in [1.54, 1.807) is 6.92 Å². The standard InChI is InChI=1S/C8H13N2O4P/c1-2-14-8(12)6(10-5-15-13)3-4-7(9)11/h6,10H,2-4H2,1H3,(H2,9,11)/t6-/m0/s1. The zero-order valence-corrected chi connectivity index (χ0v) is 9.25. The van der Waals surface area contributed by atoms with Gasteiger partial charge in [-0.3, -0.25) is 0 Å². The van der Waals surface area contributed by atoms with Crippen LogP contribution in [0.2, 0.25) is 0 Å². The maximum atomic E-state index is 11.3. The van der Waals surface area contributed by atoms with Crippen LogP contribution in [-0.2, 0) is 18.9 Å². The summed E-state index contributed by atoms with van der Waals surface area (Å²) in [5, 5.41) is 2.45. The van der Waals surface area contributed by atoms with Gasteiger partial charge in [-0.1, -0.05) is 0 Å². The van der Waals surface area contributed by atoms with E-state index in [1.807, 2.05) is 0 Å². The van der Waals surface area contributed by atoms with Gasteiger partial charge in [0, 0.05) is 0 Å². The molecule has 0 aliphatic rings. The Morgan fingerprint density at radius 2 is 2.27 bits per heavy atom. The number of primary amides is 1. The van der Waals surface area contributed by atoms with Crippen molar-refractivity contribution in [3.8, 4) is 5.75 Å². The van der Waals surface area contributed by atoms with Crippen LogP contribution in [-0.4, -0.2) is 24.5 Å². The molecule has 1 atom stereocenters. The molecule has 0 rings (SSSR count). The second kappa shape index (κ2) is 8.24. The van der Waals surface area contributed by atoms with Crippen molar-refractivity contribution in [1.29, 1.82) is 0 Å². The number of carbonyl (C=O) groups excluding carboxylic acids is 2. The number of rotatable bonds is 6. The fourth-order valence-corrected chi connectivity index (χ4v) is 1.09. The SMILES string of the molecule is CCOC(=O)[C@H](CCC(N)=O)NC#P=O. The van der Waals surface area contributed by atoms with Crippen molar-refractivity contribution >= 4 is 19.8 Å². The van der Waals surface area contributed by atoms with Crippen molar-refractivity contribution in [2.75, 3.05) is 6.61 Å². The van der Waals surface area contributed by atoms with Crippen LogP contribution in [0.4, 0.5) is 0 Å².